The highest BCUT2D eigenvalue weighted by Gasteiger charge is 1.95. The summed E-state index contributed by atoms with van der Waals surface area (Å²) in [6.07, 6.45) is 12.0. The maximum absolute atomic E-state index is 4.53. The van der Waals surface area contributed by atoms with E-state index in [-0.39, 0.29) is 0 Å². The van der Waals surface area contributed by atoms with Gasteiger partial charge in [0.1, 0.15) is 0 Å². The van der Waals surface area contributed by atoms with E-state index in [1.54, 1.807) is 0 Å². The molecule has 1 heteroatoms. The molecule has 0 saturated carbocycles. The van der Waals surface area contributed by atoms with Crippen LogP contribution < -0.4 is 0 Å². The molecule has 16 heavy (non-hydrogen) atoms. The number of allylic oxidation sites excluding steroid dienone is 4. The molecule has 0 heterocycles. The molecule has 0 aliphatic heterocycles. The Bertz CT molecular complexity index is 246. The van der Waals surface area contributed by atoms with E-state index in [0.717, 1.165) is 19.3 Å². The number of aliphatic imine (C=N–C) groups is 1. The average molecular weight is 221 g/mol. The van der Waals surface area contributed by atoms with E-state index in [9.17, 15) is 0 Å². The Balaban J connectivity index is 4.11. The second-order valence-electron chi connectivity index (χ2n) is 4.62. The summed E-state index contributed by atoms with van der Waals surface area (Å²) in [7, 11) is 0. The minimum Gasteiger partial charge on any atom is -0.266 e. The van der Waals surface area contributed by atoms with E-state index < -0.39 is 0 Å². The lowest BCUT2D eigenvalue weighted by Crippen LogP contribution is -1.91. The largest absolute Gasteiger partial charge is 0.266 e. The second-order valence-corrected chi connectivity index (χ2v) is 4.62. The molecule has 0 bridgehead atoms. The van der Waals surface area contributed by atoms with Crippen LogP contribution in [0.25, 0.3) is 0 Å². The highest BCUT2D eigenvalue weighted by atomic mass is 14.7. The summed E-state index contributed by atoms with van der Waals surface area (Å²) < 4.78 is 0. The van der Waals surface area contributed by atoms with Gasteiger partial charge in [-0.3, -0.25) is 4.99 Å². The molecular weight excluding hydrogens is 194 g/mol. The van der Waals surface area contributed by atoms with Crippen molar-refractivity contribution in [2.45, 2.75) is 53.9 Å². The SMILES string of the molecule is CC/C=C\C(C)CC=N/C(=C\C(C)C)CC. The van der Waals surface area contributed by atoms with Gasteiger partial charge in [0.05, 0.1) is 0 Å². The lowest BCUT2D eigenvalue weighted by Gasteiger charge is -2.02. The molecule has 0 spiro atoms. The van der Waals surface area contributed by atoms with Crippen molar-refractivity contribution in [3.63, 3.8) is 0 Å². The van der Waals surface area contributed by atoms with Gasteiger partial charge in [-0.15, -0.1) is 0 Å². The van der Waals surface area contributed by atoms with E-state index in [1.165, 1.54) is 5.70 Å². The van der Waals surface area contributed by atoms with E-state index in [2.05, 4.69) is 64.1 Å². The van der Waals surface area contributed by atoms with Gasteiger partial charge in [0.15, 0.2) is 0 Å². The first-order valence-electron chi connectivity index (χ1n) is 6.50. The summed E-state index contributed by atoms with van der Waals surface area (Å²) in [6.45, 7) is 10.9. The van der Waals surface area contributed by atoms with Crippen molar-refractivity contribution in [3.8, 4) is 0 Å². The molecule has 0 radical (unpaired) electrons. The third kappa shape index (κ3) is 8.46. The van der Waals surface area contributed by atoms with E-state index in [0.29, 0.717) is 11.8 Å². The lowest BCUT2D eigenvalue weighted by molar-refractivity contribution is 0.770. The molecule has 0 N–H and O–H groups in total. The molecule has 0 aromatic carbocycles. The Morgan fingerprint density at radius 3 is 2.38 bits per heavy atom. The van der Waals surface area contributed by atoms with E-state index >= 15 is 0 Å². The average Bonchev–Trinajstić information content (AvgIpc) is 2.24. The molecule has 0 aliphatic carbocycles. The molecule has 0 saturated heterocycles. The quantitative estimate of drug-likeness (QED) is 0.424. The predicted octanol–water partition coefficient (Wildman–Crippen LogP) is 5.00. The number of rotatable bonds is 7. The standard InChI is InChI=1S/C15H27N/c1-6-8-9-14(5)10-11-16-15(7-2)12-13(3)4/h8-9,11-14H,6-7,10H2,1-5H3/b9-8-,15-12-,16-11?. The zero-order valence-electron chi connectivity index (χ0n) is 11.5. The van der Waals surface area contributed by atoms with Gasteiger partial charge in [-0.2, -0.15) is 0 Å². The Morgan fingerprint density at radius 2 is 1.88 bits per heavy atom. The van der Waals surface area contributed by atoms with Gasteiger partial charge in [0.2, 0.25) is 0 Å². The molecular formula is C15H27N. The molecule has 92 valence electrons. The minimum absolute atomic E-state index is 0.588. The van der Waals surface area contributed by atoms with E-state index in [1.807, 2.05) is 0 Å². The molecule has 0 rings (SSSR count). The normalized spacial score (nSPS) is 15.5. The summed E-state index contributed by atoms with van der Waals surface area (Å²) in [5.74, 6) is 1.19. The monoisotopic (exact) mass is 221 g/mol. The lowest BCUT2D eigenvalue weighted by atomic mass is 10.1. The van der Waals surface area contributed by atoms with Gasteiger partial charge >= 0.3 is 0 Å². The van der Waals surface area contributed by atoms with Gasteiger partial charge in [-0.1, -0.05) is 52.8 Å². The van der Waals surface area contributed by atoms with E-state index in [4.69, 9.17) is 0 Å². The Labute approximate surface area is 101 Å². The van der Waals surface area contributed by atoms with Crippen LogP contribution in [-0.2, 0) is 0 Å². The molecule has 0 amide bonds. The highest BCUT2D eigenvalue weighted by Crippen LogP contribution is 2.09. The predicted molar refractivity (Wildman–Crippen MR) is 74.9 cm³/mol. The first-order chi connectivity index (χ1) is 7.60. The fraction of sp³-hybridized carbons (Fsp3) is 0.667. The van der Waals surface area contributed by atoms with Crippen molar-refractivity contribution in [2.75, 3.05) is 0 Å². The van der Waals surface area contributed by atoms with Crippen LogP contribution in [0.2, 0.25) is 0 Å². The zero-order valence-corrected chi connectivity index (χ0v) is 11.5. The number of hydrogen-bond donors (Lipinski definition) is 0. The van der Waals surface area contributed by atoms with Gasteiger partial charge in [0.25, 0.3) is 0 Å². The van der Waals surface area contributed by atoms with Crippen molar-refractivity contribution >= 4 is 6.21 Å². The minimum atomic E-state index is 0.588. The van der Waals surface area contributed by atoms with Crippen molar-refractivity contribution in [2.24, 2.45) is 16.8 Å². The Kier molecular flexibility index (Phi) is 8.88. The molecule has 0 fully saturated rings. The number of hydrogen-bond acceptors (Lipinski definition) is 1. The Morgan fingerprint density at radius 1 is 1.19 bits per heavy atom. The maximum atomic E-state index is 4.53. The van der Waals surface area contributed by atoms with Gasteiger partial charge in [0, 0.05) is 11.9 Å². The van der Waals surface area contributed by atoms with Crippen LogP contribution in [0.1, 0.15) is 53.9 Å². The summed E-state index contributed by atoms with van der Waals surface area (Å²) in [6, 6.07) is 0. The first kappa shape index (κ1) is 15.2. The maximum Gasteiger partial charge on any atom is 0.0359 e. The van der Waals surface area contributed by atoms with Gasteiger partial charge in [-0.25, -0.2) is 0 Å². The van der Waals surface area contributed by atoms with Crippen molar-refractivity contribution in [1.29, 1.82) is 0 Å². The van der Waals surface area contributed by atoms with Gasteiger partial charge < -0.3 is 0 Å². The fourth-order valence-electron chi connectivity index (χ4n) is 1.42. The smallest absolute Gasteiger partial charge is 0.0359 e. The third-order valence-electron chi connectivity index (χ3n) is 2.32. The highest BCUT2D eigenvalue weighted by molar-refractivity contribution is 5.59. The molecule has 0 aromatic heterocycles. The van der Waals surface area contributed by atoms with Crippen LogP contribution in [0.4, 0.5) is 0 Å². The van der Waals surface area contributed by atoms with Gasteiger partial charge in [-0.05, 0) is 31.1 Å². The zero-order chi connectivity index (χ0) is 12.4. The second kappa shape index (κ2) is 9.38. The summed E-state index contributed by atoms with van der Waals surface area (Å²) in [4.78, 5) is 4.53. The van der Waals surface area contributed by atoms with Crippen LogP contribution in [0.5, 0.6) is 0 Å². The topological polar surface area (TPSA) is 12.4 Å². The molecule has 0 aliphatic rings. The molecule has 1 unspecified atom stereocenters. The molecule has 1 atom stereocenters. The van der Waals surface area contributed by atoms with Crippen molar-refractivity contribution in [1.82, 2.24) is 0 Å². The van der Waals surface area contributed by atoms with Crippen LogP contribution in [0, 0.1) is 11.8 Å². The fourth-order valence-corrected chi connectivity index (χ4v) is 1.42. The first-order valence-corrected chi connectivity index (χ1v) is 6.50. The third-order valence-corrected chi connectivity index (χ3v) is 2.32. The van der Waals surface area contributed by atoms with Crippen LogP contribution in [-0.4, -0.2) is 6.21 Å². The molecule has 1 nitrogen and oxygen atoms in total. The van der Waals surface area contributed by atoms with Crippen LogP contribution >= 0.6 is 0 Å². The van der Waals surface area contributed by atoms with Crippen LogP contribution in [0.3, 0.4) is 0 Å². The van der Waals surface area contributed by atoms with Crippen molar-refractivity contribution < 1.29 is 0 Å². The summed E-state index contributed by atoms with van der Waals surface area (Å²) >= 11 is 0. The molecule has 0 aromatic rings. The Hall–Kier alpha value is -0.850. The number of nitrogens with zero attached hydrogens (tertiary/aromatic N) is 1. The van der Waals surface area contributed by atoms with Crippen molar-refractivity contribution in [3.05, 3.63) is 23.9 Å². The summed E-state index contributed by atoms with van der Waals surface area (Å²) in [5, 5.41) is 0. The summed E-state index contributed by atoms with van der Waals surface area (Å²) in [5.41, 5.74) is 1.21. The van der Waals surface area contributed by atoms with Crippen LogP contribution in [0.15, 0.2) is 28.9 Å².